The van der Waals surface area contributed by atoms with Crippen LogP contribution >= 0.6 is 0 Å². The number of amides is 1. The summed E-state index contributed by atoms with van der Waals surface area (Å²) in [5, 5.41) is 3.78. The summed E-state index contributed by atoms with van der Waals surface area (Å²) in [6, 6.07) is 10.3. The number of aromatic nitrogens is 1. The molecule has 2 N–H and O–H groups in total. The molecule has 1 aromatic heterocycles. The van der Waals surface area contributed by atoms with Gasteiger partial charge in [0.05, 0.1) is 12.2 Å². The first-order valence-corrected chi connectivity index (χ1v) is 13.1. The maximum Gasteiger partial charge on any atom is 0.416 e. The highest BCUT2D eigenvalue weighted by molar-refractivity contribution is 5.87. The minimum atomic E-state index is -4.39. The molecule has 1 amide bonds. The number of aryl methyl sites for hydroxylation is 1. The maximum absolute atomic E-state index is 13.8. The van der Waals surface area contributed by atoms with Crippen molar-refractivity contribution in [3.8, 4) is 5.75 Å². The van der Waals surface area contributed by atoms with E-state index in [0.717, 1.165) is 60.7 Å². The van der Waals surface area contributed by atoms with Gasteiger partial charge in [0.15, 0.2) is 0 Å². The molecule has 0 unspecified atom stereocenters. The Hall–Kier alpha value is -3.03. The fourth-order valence-electron chi connectivity index (χ4n) is 5.91. The molecule has 1 heterocycles. The fraction of sp³-hybridized carbons (Fsp3) is 0.483. The minimum Gasteiger partial charge on any atom is -0.489 e. The van der Waals surface area contributed by atoms with Crippen LogP contribution in [0.3, 0.4) is 0 Å². The summed E-state index contributed by atoms with van der Waals surface area (Å²) < 4.78 is 59.7. The summed E-state index contributed by atoms with van der Waals surface area (Å²) in [5.74, 6) is 0.576. The van der Waals surface area contributed by atoms with Crippen LogP contribution in [0.1, 0.15) is 84.7 Å². The predicted octanol–water partition coefficient (Wildman–Crippen LogP) is 7.32. The Morgan fingerprint density at radius 2 is 1.89 bits per heavy atom. The molecule has 0 spiro atoms. The van der Waals surface area contributed by atoms with Crippen molar-refractivity contribution in [1.29, 1.82) is 0 Å². The van der Waals surface area contributed by atoms with Crippen molar-refractivity contribution in [2.75, 3.05) is 13.2 Å². The van der Waals surface area contributed by atoms with Crippen LogP contribution in [0, 0.1) is 0 Å². The molecule has 0 bridgehead atoms. The molecule has 0 saturated heterocycles. The zero-order valence-corrected chi connectivity index (χ0v) is 20.7. The highest BCUT2D eigenvalue weighted by Crippen LogP contribution is 2.43. The van der Waals surface area contributed by atoms with Gasteiger partial charge >= 0.3 is 6.18 Å². The zero-order chi connectivity index (χ0) is 26.0. The molecule has 5 rings (SSSR count). The molecule has 3 aromatic rings. The van der Waals surface area contributed by atoms with Crippen LogP contribution in [-0.4, -0.2) is 24.1 Å². The van der Waals surface area contributed by atoms with E-state index in [1.807, 2.05) is 18.2 Å². The molecular formula is C29H32F4N2O2. The summed E-state index contributed by atoms with van der Waals surface area (Å²) in [7, 11) is 0. The number of fused-ring (bicyclic) bond motifs is 3. The van der Waals surface area contributed by atoms with Crippen molar-refractivity contribution in [1.82, 2.24) is 10.3 Å². The number of halogens is 4. The lowest BCUT2D eigenvalue weighted by Crippen LogP contribution is -2.26. The maximum atomic E-state index is 13.8. The van der Waals surface area contributed by atoms with E-state index >= 15 is 0 Å². The lowest BCUT2D eigenvalue weighted by molar-refractivity contribution is -0.138. The monoisotopic (exact) mass is 516 g/mol. The number of carbonyl (C=O) groups is 1. The van der Waals surface area contributed by atoms with Crippen molar-refractivity contribution in [2.45, 2.75) is 76.0 Å². The molecule has 2 aromatic carbocycles. The van der Waals surface area contributed by atoms with Crippen LogP contribution in [0.25, 0.3) is 10.9 Å². The van der Waals surface area contributed by atoms with Crippen LogP contribution in [0.15, 0.2) is 36.4 Å². The number of rotatable bonds is 9. The van der Waals surface area contributed by atoms with Gasteiger partial charge in [0.1, 0.15) is 12.4 Å². The van der Waals surface area contributed by atoms with Crippen LogP contribution in [0.4, 0.5) is 17.6 Å². The van der Waals surface area contributed by atoms with E-state index in [9.17, 15) is 22.4 Å². The molecule has 1 atom stereocenters. The van der Waals surface area contributed by atoms with Gasteiger partial charge in [-0.05, 0) is 79.0 Å². The van der Waals surface area contributed by atoms with Crippen molar-refractivity contribution in [2.24, 2.45) is 0 Å². The lowest BCUT2D eigenvalue weighted by Gasteiger charge is -2.19. The third-order valence-electron chi connectivity index (χ3n) is 7.75. The second-order valence-electron chi connectivity index (χ2n) is 10.2. The predicted molar refractivity (Wildman–Crippen MR) is 135 cm³/mol. The van der Waals surface area contributed by atoms with E-state index in [4.69, 9.17) is 4.74 Å². The summed E-state index contributed by atoms with van der Waals surface area (Å²) >= 11 is 0. The summed E-state index contributed by atoms with van der Waals surface area (Å²) in [4.78, 5) is 15.7. The van der Waals surface area contributed by atoms with Gasteiger partial charge in [0.25, 0.3) is 0 Å². The van der Waals surface area contributed by atoms with Gasteiger partial charge in [0.2, 0.25) is 5.91 Å². The third kappa shape index (κ3) is 5.63. The molecule has 1 fully saturated rings. The molecule has 198 valence electrons. The third-order valence-corrected chi connectivity index (χ3v) is 7.75. The number of alkyl halides is 4. The number of aromatic amines is 1. The first-order chi connectivity index (χ1) is 17.8. The second kappa shape index (κ2) is 10.8. The Morgan fingerprint density at radius 3 is 2.65 bits per heavy atom. The number of hydrogen-bond acceptors (Lipinski definition) is 2. The van der Waals surface area contributed by atoms with E-state index in [0.29, 0.717) is 36.3 Å². The lowest BCUT2D eigenvalue weighted by atomic mass is 9.91. The van der Waals surface area contributed by atoms with Crippen LogP contribution in [0.5, 0.6) is 5.75 Å². The van der Waals surface area contributed by atoms with Gasteiger partial charge in [-0.3, -0.25) is 9.18 Å². The highest BCUT2D eigenvalue weighted by Gasteiger charge is 2.36. The molecule has 1 saturated carbocycles. The molecule has 0 aliphatic heterocycles. The molecule has 4 nitrogen and oxygen atoms in total. The molecular weight excluding hydrogens is 484 g/mol. The van der Waals surface area contributed by atoms with E-state index in [1.54, 1.807) is 12.1 Å². The first kappa shape index (κ1) is 25.6. The number of benzene rings is 2. The number of H-pyrrole nitrogens is 1. The van der Waals surface area contributed by atoms with Crippen LogP contribution in [0.2, 0.25) is 0 Å². The fourth-order valence-corrected chi connectivity index (χ4v) is 5.91. The second-order valence-corrected chi connectivity index (χ2v) is 10.2. The number of nitrogens with one attached hydrogen (secondary N) is 2. The minimum absolute atomic E-state index is 0.0188. The standard InChI is InChI=1S/C29H32F4N2O2/c30-12-3-13-34-27(36)15-20-7-10-23-24-16-21(8-11-26(24)35-28(20)23)37-17-18-6-9-22(19-4-1-2-5-19)25(14-18)29(31,32)33/h6,8-9,11,14,16,19-20,35H,1-5,7,10,12-13,15,17H2,(H,34,36)/t20-/m1/s1. The molecule has 0 radical (unpaired) electrons. The first-order valence-electron chi connectivity index (χ1n) is 13.1. The summed E-state index contributed by atoms with van der Waals surface area (Å²) in [5.41, 5.74) is 3.50. The average Bonchev–Trinajstić information content (AvgIpc) is 3.61. The Kier molecular flexibility index (Phi) is 7.45. The highest BCUT2D eigenvalue weighted by atomic mass is 19.4. The van der Waals surface area contributed by atoms with Gasteiger partial charge in [-0.2, -0.15) is 13.2 Å². The van der Waals surface area contributed by atoms with Crippen molar-refractivity contribution in [3.63, 3.8) is 0 Å². The van der Waals surface area contributed by atoms with Crippen molar-refractivity contribution >= 4 is 16.8 Å². The Morgan fingerprint density at radius 1 is 1.08 bits per heavy atom. The summed E-state index contributed by atoms with van der Waals surface area (Å²) in [6.07, 6.45) is 1.55. The van der Waals surface area contributed by atoms with Crippen molar-refractivity contribution in [3.05, 3.63) is 64.3 Å². The van der Waals surface area contributed by atoms with E-state index in [1.165, 1.54) is 6.07 Å². The smallest absolute Gasteiger partial charge is 0.416 e. The Labute approximate surface area is 213 Å². The van der Waals surface area contributed by atoms with Crippen molar-refractivity contribution < 1.29 is 27.1 Å². The Balaban J connectivity index is 1.29. The molecule has 2 aliphatic rings. The summed E-state index contributed by atoms with van der Waals surface area (Å²) in [6.45, 7) is -0.0561. The van der Waals surface area contributed by atoms with Gasteiger partial charge in [-0.15, -0.1) is 0 Å². The van der Waals surface area contributed by atoms with Gasteiger partial charge in [-0.25, -0.2) is 0 Å². The number of carbonyl (C=O) groups excluding carboxylic acids is 1. The topological polar surface area (TPSA) is 54.1 Å². The van der Waals surface area contributed by atoms with Gasteiger partial charge in [-0.1, -0.05) is 25.0 Å². The van der Waals surface area contributed by atoms with E-state index in [-0.39, 0.29) is 24.3 Å². The quantitative estimate of drug-likeness (QED) is 0.231. The van der Waals surface area contributed by atoms with Crippen LogP contribution in [-0.2, 0) is 24.0 Å². The van der Waals surface area contributed by atoms with Crippen LogP contribution < -0.4 is 10.1 Å². The normalized spacial score (nSPS) is 17.9. The molecule has 37 heavy (non-hydrogen) atoms. The zero-order valence-electron chi connectivity index (χ0n) is 20.7. The number of ether oxygens (including phenoxy) is 1. The Bertz CT molecular complexity index is 1260. The molecule has 2 aliphatic carbocycles. The van der Waals surface area contributed by atoms with E-state index in [2.05, 4.69) is 10.3 Å². The average molecular weight is 517 g/mol. The van der Waals surface area contributed by atoms with Gasteiger partial charge < -0.3 is 15.0 Å². The number of hydrogen-bond donors (Lipinski definition) is 2. The SMILES string of the molecule is O=C(C[C@H]1CCc2c1[nH]c1ccc(OCc3ccc(C4CCCC4)c(C(F)(F)F)c3)cc21)NCCCF. The molecule has 8 heteroatoms. The van der Waals surface area contributed by atoms with Gasteiger partial charge in [0, 0.05) is 35.5 Å². The largest absolute Gasteiger partial charge is 0.489 e. The van der Waals surface area contributed by atoms with E-state index < -0.39 is 18.4 Å².